The summed E-state index contributed by atoms with van der Waals surface area (Å²) < 4.78 is 13.5. The number of aromatic nitrogens is 2. The van der Waals surface area contributed by atoms with E-state index in [9.17, 15) is 14.0 Å². The highest BCUT2D eigenvalue weighted by Crippen LogP contribution is 2.27. The Bertz CT molecular complexity index is 863. The minimum absolute atomic E-state index is 0.0110. The molecule has 2 saturated heterocycles. The number of hydrogen-bond acceptors (Lipinski definition) is 5. The van der Waals surface area contributed by atoms with Crippen LogP contribution in [0.1, 0.15) is 12.8 Å². The Labute approximate surface area is 162 Å². The first kappa shape index (κ1) is 18.3. The van der Waals surface area contributed by atoms with Gasteiger partial charge in [0.15, 0.2) is 0 Å². The van der Waals surface area contributed by atoms with E-state index in [4.69, 9.17) is 0 Å². The normalized spacial score (nSPS) is 20.4. The van der Waals surface area contributed by atoms with E-state index in [-0.39, 0.29) is 18.2 Å². The molecule has 0 saturated carbocycles. The Kier molecular flexibility index (Phi) is 5.18. The molecule has 7 nitrogen and oxygen atoms in total. The third-order valence-corrected chi connectivity index (χ3v) is 5.24. The first-order valence-corrected chi connectivity index (χ1v) is 9.48. The van der Waals surface area contributed by atoms with Crippen LogP contribution in [0.15, 0.2) is 42.7 Å². The maximum atomic E-state index is 13.5. The molecular formula is C20H22FN5O2. The van der Waals surface area contributed by atoms with Gasteiger partial charge >= 0.3 is 0 Å². The summed E-state index contributed by atoms with van der Waals surface area (Å²) in [6.45, 7) is 2.95. The molecular weight excluding hydrogens is 361 g/mol. The van der Waals surface area contributed by atoms with Gasteiger partial charge in [0.1, 0.15) is 5.82 Å². The number of anilines is 2. The zero-order valence-electron chi connectivity index (χ0n) is 15.5. The predicted octanol–water partition coefficient (Wildman–Crippen LogP) is 1.71. The van der Waals surface area contributed by atoms with Crippen LogP contribution in [-0.4, -0.2) is 59.4 Å². The number of halogens is 1. The van der Waals surface area contributed by atoms with Crippen molar-refractivity contribution >= 4 is 23.5 Å². The molecule has 1 atom stereocenters. The zero-order chi connectivity index (χ0) is 19.5. The molecule has 3 heterocycles. The van der Waals surface area contributed by atoms with E-state index >= 15 is 0 Å². The van der Waals surface area contributed by atoms with Crippen LogP contribution in [-0.2, 0) is 9.59 Å². The van der Waals surface area contributed by atoms with Crippen LogP contribution in [0.5, 0.6) is 0 Å². The SMILES string of the molecule is O=C([C@@H]1CC(=O)N(c2cccc(F)c2)C1)N1CCCN(c2ncccn2)CC1. The van der Waals surface area contributed by atoms with Gasteiger partial charge in [-0.15, -0.1) is 0 Å². The number of benzene rings is 1. The lowest BCUT2D eigenvalue weighted by atomic mass is 10.1. The summed E-state index contributed by atoms with van der Waals surface area (Å²) >= 11 is 0. The summed E-state index contributed by atoms with van der Waals surface area (Å²) in [7, 11) is 0. The molecule has 2 amide bonds. The minimum atomic E-state index is -0.393. The lowest BCUT2D eigenvalue weighted by Gasteiger charge is -2.24. The van der Waals surface area contributed by atoms with Crippen molar-refractivity contribution in [1.82, 2.24) is 14.9 Å². The number of carbonyl (C=O) groups is 2. The third-order valence-electron chi connectivity index (χ3n) is 5.24. The second-order valence-electron chi connectivity index (χ2n) is 7.10. The van der Waals surface area contributed by atoms with E-state index < -0.39 is 11.7 Å². The summed E-state index contributed by atoms with van der Waals surface area (Å²) in [5.41, 5.74) is 0.503. The first-order chi connectivity index (χ1) is 13.6. The molecule has 0 unspecified atom stereocenters. The van der Waals surface area contributed by atoms with Crippen LogP contribution in [0.2, 0.25) is 0 Å². The van der Waals surface area contributed by atoms with Crippen molar-refractivity contribution in [1.29, 1.82) is 0 Å². The van der Waals surface area contributed by atoms with Crippen LogP contribution in [0.4, 0.5) is 16.0 Å². The summed E-state index contributed by atoms with van der Waals surface area (Å²) in [5, 5.41) is 0. The van der Waals surface area contributed by atoms with Gasteiger partial charge in [0.2, 0.25) is 17.8 Å². The van der Waals surface area contributed by atoms with Gasteiger partial charge in [-0.2, -0.15) is 0 Å². The van der Waals surface area contributed by atoms with E-state index in [0.717, 1.165) is 13.0 Å². The molecule has 1 aromatic heterocycles. The fourth-order valence-corrected chi connectivity index (χ4v) is 3.82. The van der Waals surface area contributed by atoms with Crippen LogP contribution in [0.25, 0.3) is 0 Å². The molecule has 2 aromatic rings. The van der Waals surface area contributed by atoms with Crippen LogP contribution >= 0.6 is 0 Å². The van der Waals surface area contributed by atoms with Crippen LogP contribution in [0, 0.1) is 11.7 Å². The van der Waals surface area contributed by atoms with Crippen molar-refractivity contribution in [3.8, 4) is 0 Å². The van der Waals surface area contributed by atoms with Gasteiger partial charge in [-0.3, -0.25) is 9.59 Å². The second kappa shape index (κ2) is 7.92. The van der Waals surface area contributed by atoms with Gasteiger partial charge < -0.3 is 14.7 Å². The molecule has 8 heteroatoms. The Balaban J connectivity index is 1.40. The maximum Gasteiger partial charge on any atom is 0.228 e. The fourth-order valence-electron chi connectivity index (χ4n) is 3.82. The number of amides is 2. The van der Waals surface area contributed by atoms with Gasteiger partial charge in [-0.05, 0) is 30.7 Å². The monoisotopic (exact) mass is 383 g/mol. The average Bonchev–Trinajstić information content (AvgIpc) is 2.94. The molecule has 1 aromatic carbocycles. The standard InChI is InChI=1S/C20H22FN5O2/c21-16-4-1-5-17(13-16)26-14-15(12-18(26)27)19(28)24-8-3-9-25(11-10-24)20-22-6-2-7-23-20/h1-2,4-7,13,15H,3,8-12,14H2/t15-/m1/s1. The molecule has 0 spiro atoms. The quantitative estimate of drug-likeness (QED) is 0.807. The predicted molar refractivity (Wildman–Crippen MR) is 102 cm³/mol. The van der Waals surface area contributed by atoms with Crippen molar-refractivity contribution in [2.45, 2.75) is 12.8 Å². The van der Waals surface area contributed by atoms with E-state index in [2.05, 4.69) is 14.9 Å². The molecule has 28 heavy (non-hydrogen) atoms. The van der Waals surface area contributed by atoms with Crippen molar-refractivity contribution in [2.24, 2.45) is 5.92 Å². The highest BCUT2D eigenvalue weighted by molar-refractivity contribution is 6.00. The average molecular weight is 383 g/mol. The molecule has 2 fully saturated rings. The van der Waals surface area contributed by atoms with Gasteiger partial charge in [-0.1, -0.05) is 6.07 Å². The summed E-state index contributed by atoms with van der Waals surface area (Å²) in [4.78, 5) is 39.4. The summed E-state index contributed by atoms with van der Waals surface area (Å²) in [6, 6.07) is 7.71. The molecule has 0 aliphatic carbocycles. The van der Waals surface area contributed by atoms with Gasteiger partial charge in [0.25, 0.3) is 0 Å². The molecule has 2 aliphatic rings. The van der Waals surface area contributed by atoms with Crippen molar-refractivity contribution in [3.05, 3.63) is 48.5 Å². The Morgan fingerprint density at radius 3 is 2.68 bits per heavy atom. The Morgan fingerprint density at radius 1 is 1.07 bits per heavy atom. The van der Waals surface area contributed by atoms with Crippen molar-refractivity contribution < 1.29 is 14.0 Å². The lowest BCUT2D eigenvalue weighted by Crippen LogP contribution is -2.40. The number of hydrogen-bond donors (Lipinski definition) is 0. The van der Waals surface area contributed by atoms with Gasteiger partial charge in [0, 0.05) is 57.2 Å². The number of rotatable bonds is 3. The molecule has 146 valence electrons. The second-order valence-corrected chi connectivity index (χ2v) is 7.10. The highest BCUT2D eigenvalue weighted by Gasteiger charge is 2.37. The molecule has 0 radical (unpaired) electrons. The molecule has 0 N–H and O–H groups in total. The van der Waals surface area contributed by atoms with Crippen LogP contribution in [0.3, 0.4) is 0 Å². The molecule has 4 rings (SSSR count). The van der Waals surface area contributed by atoms with Gasteiger partial charge in [-0.25, -0.2) is 14.4 Å². The summed E-state index contributed by atoms with van der Waals surface area (Å²) in [5.74, 6) is -0.266. The highest BCUT2D eigenvalue weighted by atomic mass is 19.1. The lowest BCUT2D eigenvalue weighted by molar-refractivity contribution is -0.135. The number of nitrogens with zero attached hydrogens (tertiary/aromatic N) is 5. The Hall–Kier alpha value is -3.03. The number of carbonyl (C=O) groups excluding carboxylic acids is 2. The molecule has 2 aliphatic heterocycles. The van der Waals surface area contributed by atoms with E-state index in [1.165, 1.54) is 17.0 Å². The van der Waals surface area contributed by atoms with E-state index in [1.807, 2.05) is 4.90 Å². The van der Waals surface area contributed by atoms with Gasteiger partial charge in [0.05, 0.1) is 5.92 Å². The van der Waals surface area contributed by atoms with Crippen LogP contribution < -0.4 is 9.80 Å². The third kappa shape index (κ3) is 3.81. The zero-order valence-corrected chi connectivity index (χ0v) is 15.5. The Morgan fingerprint density at radius 2 is 1.89 bits per heavy atom. The largest absolute Gasteiger partial charge is 0.341 e. The summed E-state index contributed by atoms with van der Waals surface area (Å²) in [6.07, 6.45) is 4.40. The minimum Gasteiger partial charge on any atom is -0.341 e. The smallest absolute Gasteiger partial charge is 0.228 e. The van der Waals surface area contributed by atoms with Crippen molar-refractivity contribution in [3.63, 3.8) is 0 Å². The van der Waals surface area contributed by atoms with E-state index in [0.29, 0.717) is 37.8 Å². The topological polar surface area (TPSA) is 69.6 Å². The fraction of sp³-hybridized carbons (Fsp3) is 0.400. The molecule has 0 bridgehead atoms. The van der Waals surface area contributed by atoms with Crippen molar-refractivity contribution in [2.75, 3.05) is 42.5 Å². The first-order valence-electron chi connectivity index (χ1n) is 9.48. The van der Waals surface area contributed by atoms with E-state index in [1.54, 1.807) is 30.6 Å². The maximum absolute atomic E-state index is 13.5.